The van der Waals surface area contributed by atoms with Gasteiger partial charge in [0.25, 0.3) is 0 Å². The minimum atomic E-state index is -0.781. The zero-order valence-corrected chi connectivity index (χ0v) is 42.7. The molecule has 5 aliphatic heterocycles. The number of H-pyrrole nitrogens is 2. The van der Waals surface area contributed by atoms with Crippen LogP contribution >= 0.6 is 0 Å². The van der Waals surface area contributed by atoms with E-state index in [1.165, 1.54) is 20.3 Å². The molecule has 0 bridgehead atoms. The van der Waals surface area contributed by atoms with E-state index in [-0.39, 0.29) is 47.9 Å². The van der Waals surface area contributed by atoms with E-state index in [1.807, 2.05) is 60.6 Å². The van der Waals surface area contributed by atoms with Crippen LogP contribution in [-0.2, 0) is 30.2 Å². The van der Waals surface area contributed by atoms with Gasteiger partial charge >= 0.3 is 12.2 Å². The van der Waals surface area contributed by atoms with Crippen LogP contribution < -0.4 is 20.1 Å². The lowest BCUT2D eigenvalue weighted by Crippen LogP contribution is -2.54. The number of ether oxygens (including phenoxy) is 5. The van der Waals surface area contributed by atoms with E-state index in [1.54, 1.807) is 17.3 Å². The monoisotopic (exact) mass is 1020 g/mol. The van der Waals surface area contributed by atoms with Crippen molar-refractivity contribution in [1.82, 2.24) is 44.9 Å². The maximum Gasteiger partial charge on any atom is 0.407 e. The van der Waals surface area contributed by atoms with E-state index in [0.29, 0.717) is 84.9 Å². The Labute approximate surface area is 433 Å². The number of benzene rings is 3. The van der Waals surface area contributed by atoms with Crippen molar-refractivity contribution in [3.63, 3.8) is 0 Å². The Bertz CT molecular complexity index is 3220. The van der Waals surface area contributed by atoms with Crippen molar-refractivity contribution >= 4 is 34.9 Å². The molecular weight excluding hydrogens is 962 g/mol. The Hall–Kier alpha value is -7.41. The highest BCUT2D eigenvalue weighted by Crippen LogP contribution is 2.54. The highest BCUT2D eigenvalue weighted by atomic mass is 19.1. The second kappa shape index (κ2) is 19.4. The number of aromatic nitrogens is 5. The molecule has 9 atom stereocenters. The number of aromatic amines is 2. The Balaban J connectivity index is 0.864. The summed E-state index contributed by atoms with van der Waals surface area (Å²) < 4.78 is 47.8. The molecule has 12 rings (SSSR count). The van der Waals surface area contributed by atoms with Crippen molar-refractivity contribution in [3.8, 4) is 45.3 Å². The molecule has 6 aliphatic rings. The van der Waals surface area contributed by atoms with Crippen LogP contribution in [0.5, 0.6) is 11.5 Å². The number of likely N-dealkylation sites (tertiary alicyclic amines) is 2. The summed E-state index contributed by atoms with van der Waals surface area (Å²) in [4.78, 5) is 73.5. The van der Waals surface area contributed by atoms with Gasteiger partial charge in [-0.05, 0) is 118 Å². The van der Waals surface area contributed by atoms with Crippen molar-refractivity contribution in [1.29, 1.82) is 0 Å². The molecule has 19 heteroatoms. The van der Waals surface area contributed by atoms with Gasteiger partial charge in [-0.25, -0.2) is 23.9 Å². The minimum absolute atomic E-state index is 0.0299. The smallest absolute Gasteiger partial charge is 0.407 e. The number of carbonyl (C=O) groups excluding carboxylic acids is 4. The summed E-state index contributed by atoms with van der Waals surface area (Å²) >= 11 is 0. The summed E-state index contributed by atoms with van der Waals surface area (Å²) in [5, 5.41) is 6.43. The topological polar surface area (TPSA) is 207 Å². The molecule has 392 valence electrons. The minimum Gasteiger partial charge on any atom is -0.493 e. The van der Waals surface area contributed by atoms with Crippen molar-refractivity contribution < 1.29 is 47.3 Å². The first-order chi connectivity index (χ1) is 36.3. The van der Waals surface area contributed by atoms with Crippen LogP contribution in [0.15, 0.2) is 67.0 Å². The molecule has 4 amide bonds. The highest BCUT2D eigenvalue weighted by molar-refractivity contribution is 5.93. The number of fused-ring (bicyclic) bond motifs is 7. The number of piperidine rings is 1. The van der Waals surface area contributed by atoms with E-state index >= 15 is 4.39 Å². The number of hydrogen-bond donors (Lipinski definition) is 4. The largest absolute Gasteiger partial charge is 0.493 e. The number of alkyl carbamates (subject to hydrolysis) is 2. The molecule has 1 aliphatic carbocycles. The number of amides is 4. The van der Waals surface area contributed by atoms with Crippen LogP contribution in [0.2, 0.25) is 0 Å². The standard InChI is InChI=1S/C56H62FN9O9/c1-28(2)48(62-55(69)71-4)52(67)64-15-6-9-41(64)50-58-27-39(61-50)34-20-37(57)47-43-22-35-19-31(12-13-40(35)66(43)54(75-46(47)25-34)33-11-10-30-8-7-16-74-45(30)24-33)38-26-59-51(60-38)44-23-36-21-42(36)65(44)53(68)49(63-56(70)72-5)32-14-17-73-29(3)18-32/h10-13,19-20,22,24-29,32,36,41-42,44,48-49,54H,6-9,14-18,21,23H2,1-5H3,(H,58,61)(H,59,60)(H,62,69)(H,63,70)/t29-,32?,36-,41+,42-,44+,48+,49?,54?/m1/s1. The molecule has 3 aromatic heterocycles. The summed E-state index contributed by atoms with van der Waals surface area (Å²) in [6.45, 7) is 7.37. The van der Waals surface area contributed by atoms with Gasteiger partial charge in [-0.2, -0.15) is 0 Å². The molecular formula is C56H62FN9O9. The first-order valence-electron chi connectivity index (χ1n) is 26.3. The van der Waals surface area contributed by atoms with Crippen LogP contribution in [0.1, 0.15) is 107 Å². The Morgan fingerprint density at radius 2 is 1.59 bits per heavy atom. The number of nitrogens with zero attached hydrogens (tertiary/aromatic N) is 5. The highest BCUT2D eigenvalue weighted by Gasteiger charge is 2.57. The van der Waals surface area contributed by atoms with E-state index in [2.05, 4.69) is 38.8 Å². The maximum absolute atomic E-state index is 17.1. The molecule has 6 aromatic rings. The first-order valence-corrected chi connectivity index (χ1v) is 26.3. The van der Waals surface area contributed by atoms with Gasteiger partial charge in [0.2, 0.25) is 18.0 Å². The van der Waals surface area contributed by atoms with Crippen molar-refractivity contribution in [2.75, 3.05) is 34.0 Å². The Kier molecular flexibility index (Phi) is 12.5. The predicted molar refractivity (Wildman–Crippen MR) is 273 cm³/mol. The second-order valence-electron chi connectivity index (χ2n) is 21.3. The SMILES string of the molecule is COC(=O)NC(C(=O)N1[C@@H]2C[C@@H]2C[C@H]1c1ncc(-c2ccc3c(c2)cc2n3C(c3ccc4c(c3)OCCC4)Oc3cc(-c4cnc([C@@H]5CCCN5C(=O)[C@@H](NC(=O)OC)C(C)C)[nH]4)cc(F)c3-2)[nH]1)C1CCO[C@H](C)C1. The third kappa shape index (κ3) is 8.81. The maximum atomic E-state index is 17.1. The van der Waals surface area contributed by atoms with Gasteiger partial charge in [-0.3, -0.25) is 9.59 Å². The number of imidazole rings is 2. The van der Waals surface area contributed by atoms with Gasteiger partial charge in [-0.1, -0.05) is 32.0 Å². The third-order valence-corrected chi connectivity index (χ3v) is 16.3. The van der Waals surface area contributed by atoms with Crippen LogP contribution in [0.4, 0.5) is 14.0 Å². The van der Waals surface area contributed by atoms with Crippen LogP contribution in [0, 0.1) is 23.6 Å². The van der Waals surface area contributed by atoms with E-state index < -0.39 is 36.3 Å². The van der Waals surface area contributed by atoms with Crippen LogP contribution in [0.25, 0.3) is 44.7 Å². The molecule has 18 nitrogen and oxygen atoms in total. The normalized spacial score (nSPS) is 24.3. The van der Waals surface area contributed by atoms with E-state index in [9.17, 15) is 19.2 Å². The van der Waals surface area contributed by atoms with Gasteiger partial charge in [0.1, 0.15) is 41.0 Å². The van der Waals surface area contributed by atoms with Crippen molar-refractivity contribution in [3.05, 3.63) is 95.6 Å². The average molecular weight is 1020 g/mol. The lowest BCUT2D eigenvalue weighted by molar-refractivity contribution is -0.138. The van der Waals surface area contributed by atoms with Crippen molar-refractivity contribution in [2.45, 2.75) is 115 Å². The molecule has 4 fully saturated rings. The molecule has 0 radical (unpaired) electrons. The van der Waals surface area contributed by atoms with Gasteiger partial charge < -0.3 is 58.7 Å². The summed E-state index contributed by atoms with van der Waals surface area (Å²) in [7, 11) is 2.58. The molecule has 3 aromatic carbocycles. The Morgan fingerprint density at radius 1 is 0.813 bits per heavy atom. The summed E-state index contributed by atoms with van der Waals surface area (Å²) in [5.74, 6) is 1.66. The molecule has 8 heterocycles. The zero-order chi connectivity index (χ0) is 51.8. The summed E-state index contributed by atoms with van der Waals surface area (Å²) in [6.07, 6.45) is 7.67. The molecule has 75 heavy (non-hydrogen) atoms. The summed E-state index contributed by atoms with van der Waals surface area (Å²) in [6, 6.07) is 15.5. The molecule has 4 N–H and O–H groups in total. The summed E-state index contributed by atoms with van der Waals surface area (Å²) in [5.41, 5.74) is 6.47. The number of methoxy groups -OCH3 is 2. The third-order valence-electron chi connectivity index (χ3n) is 16.3. The molecule has 0 spiro atoms. The van der Waals surface area contributed by atoms with Gasteiger partial charge in [-0.15, -0.1) is 0 Å². The van der Waals surface area contributed by atoms with Gasteiger partial charge in [0.15, 0.2) is 0 Å². The van der Waals surface area contributed by atoms with E-state index in [0.717, 1.165) is 71.1 Å². The van der Waals surface area contributed by atoms with Crippen LogP contribution in [0.3, 0.4) is 0 Å². The fourth-order valence-corrected chi connectivity index (χ4v) is 12.4. The number of halogens is 1. The zero-order valence-electron chi connectivity index (χ0n) is 42.7. The number of rotatable bonds is 11. The van der Waals surface area contributed by atoms with Crippen molar-refractivity contribution in [2.24, 2.45) is 17.8 Å². The number of hydrogen-bond acceptors (Lipinski definition) is 11. The first kappa shape index (κ1) is 48.5. The van der Waals surface area contributed by atoms with Gasteiger partial charge in [0, 0.05) is 41.3 Å². The predicted octanol–water partition coefficient (Wildman–Crippen LogP) is 8.74. The number of carbonyl (C=O) groups is 4. The lowest BCUT2D eigenvalue weighted by atomic mass is 9.88. The fourth-order valence-electron chi connectivity index (χ4n) is 12.4. The van der Waals surface area contributed by atoms with Gasteiger partial charge in [0.05, 0.1) is 79.6 Å². The van der Waals surface area contributed by atoms with Crippen LogP contribution in [-0.4, -0.2) is 117 Å². The number of nitrogens with one attached hydrogen (secondary N) is 4. The molecule has 3 unspecified atom stereocenters. The lowest BCUT2D eigenvalue weighted by Gasteiger charge is -2.36. The Morgan fingerprint density at radius 3 is 2.36 bits per heavy atom. The quantitative estimate of drug-likeness (QED) is 0.0965. The number of aryl methyl sites for hydroxylation is 1. The average Bonchev–Trinajstić information content (AvgIpc) is 4.13. The fraction of sp³-hybridized carbons (Fsp3) is 0.464. The second-order valence-corrected chi connectivity index (χ2v) is 21.3. The molecule has 3 saturated heterocycles. The van der Waals surface area contributed by atoms with E-state index in [4.69, 9.17) is 33.7 Å². The molecule has 1 saturated carbocycles.